The van der Waals surface area contributed by atoms with E-state index in [1.807, 2.05) is 12.2 Å². The first-order valence-corrected chi connectivity index (χ1v) is 4.81. The molecule has 2 aromatic heterocycles. The van der Waals surface area contributed by atoms with Crippen LogP contribution < -0.4 is 0 Å². The number of allylic oxidation sites excluding steroid dienone is 1. The zero-order valence-corrected chi connectivity index (χ0v) is 8.68. The van der Waals surface area contributed by atoms with Gasteiger partial charge in [0.1, 0.15) is 0 Å². The Bertz CT molecular complexity index is 441. The van der Waals surface area contributed by atoms with Crippen molar-refractivity contribution >= 4 is 6.08 Å². The van der Waals surface area contributed by atoms with Gasteiger partial charge < -0.3 is 8.83 Å². The molecule has 0 aliphatic carbocycles. The largest absolute Gasteiger partial charge is 0.459 e. The first-order chi connectivity index (χ1) is 7.25. The summed E-state index contributed by atoms with van der Waals surface area (Å²) in [4.78, 5) is 0. The normalized spacial score (nSPS) is 11.7. The SMILES string of the molecule is CC(C)/C=C/c1nnc(-c2ccco2)o1. The summed E-state index contributed by atoms with van der Waals surface area (Å²) < 4.78 is 10.5. The second kappa shape index (κ2) is 4.13. The van der Waals surface area contributed by atoms with Crippen LogP contribution in [-0.2, 0) is 0 Å². The lowest BCUT2D eigenvalue weighted by molar-refractivity contribution is 0.510. The fraction of sp³-hybridized carbons (Fsp3) is 0.273. The van der Waals surface area contributed by atoms with E-state index >= 15 is 0 Å². The third-order valence-electron chi connectivity index (χ3n) is 1.80. The molecule has 0 aliphatic rings. The smallest absolute Gasteiger partial charge is 0.283 e. The number of hydrogen-bond donors (Lipinski definition) is 0. The van der Waals surface area contributed by atoms with Crippen molar-refractivity contribution in [2.75, 3.05) is 0 Å². The Balaban J connectivity index is 2.18. The first kappa shape index (κ1) is 9.71. The minimum atomic E-state index is 0.406. The molecule has 0 amide bonds. The highest BCUT2D eigenvalue weighted by atomic mass is 16.4. The quantitative estimate of drug-likeness (QED) is 0.771. The minimum Gasteiger partial charge on any atom is -0.459 e. The number of furan rings is 1. The molecule has 0 saturated carbocycles. The van der Waals surface area contributed by atoms with Crippen LogP contribution in [0.15, 0.2) is 33.3 Å². The van der Waals surface area contributed by atoms with Gasteiger partial charge in [-0.2, -0.15) is 0 Å². The lowest BCUT2D eigenvalue weighted by Gasteiger charge is -1.89. The van der Waals surface area contributed by atoms with Crippen LogP contribution in [0.1, 0.15) is 19.7 Å². The van der Waals surface area contributed by atoms with Gasteiger partial charge in [0.25, 0.3) is 5.89 Å². The van der Waals surface area contributed by atoms with E-state index in [4.69, 9.17) is 8.83 Å². The molecule has 0 N–H and O–H groups in total. The molecule has 0 aliphatic heterocycles. The number of aromatic nitrogens is 2. The molecule has 2 aromatic rings. The van der Waals surface area contributed by atoms with E-state index in [0.29, 0.717) is 23.5 Å². The van der Waals surface area contributed by atoms with Crippen molar-refractivity contribution in [3.8, 4) is 11.7 Å². The van der Waals surface area contributed by atoms with Gasteiger partial charge in [-0.1, -0.05) is 19.9 Å². The highest BCUT2D eigenvalue weighted by Crippen LogP contribution is 2.18. The van der Waals surface area contributed by atoms with E-state index in [-0.39, 0.29) is 0 Å². The fourth-order valence-corrected chi connectivity index (χ4v) is 1.08. The molecule has 0 saturated heterocycles. The fourth-order valence-electron chi connectivity index (χ4n) is 1.08. The molecule has 0 unspecified atom stereocenters. The van der Waals surface area contributed by atoms with Gasteiger partial charge >= 0.3 is 0 Å². The van der Waals surface area contributed by atoms with Crippen molar-refractivity contribution in [3.63, 3.8) is 0 Å². The summed E-state index contributed by atoms with van der Waals surface area (Å²) in [5, 5.41) is 7.76. The molecule has 15 heavy (non-hydrogen) atoms. The summed E-state index contributed by atoms with van der Waals surface area (Å²) in [6.45, 7) is 4.17. The Morgan fingerprint density at radius 2 is 2.20 bits per heavy atom. The van der Waals surface area contributed by atoms with Gasteiger partial charge in [0.05, 0.1) is 6.26 Å². The molecule has 2 heterocycles. The van der Waals surface area contributed by atoms with Crippen LogP contribution in [0.4, 0.5) is 0 Å². The van der Waals surface area contributed by atoms with Gasteiger partial charge in [0.15, 0.2) is 5.76 Å². The summed E-state index contributed by atoms with van der Waals surface area (Å²) in [6.07, 6.45) is 5.38. The topological polar surface area (TPSA) is 52.1 Å². The van der Waals surface area contributed by atoms with E-state index in [1.54, 1.807) is 18.4 Å². The summed E-state index contributed by atoms with van der Waals surface area (Å²) in [5.74, 6) is 1.95. The molecule has 4 nitrogen and oxygen atoms in total. The lowest BCUT2D eigenvalue weighted by Crippen LogP contribution is -1.77. The summed E-state index contributed by atoms with van der Waals surface area (Å²) in [6, 6.07) is 3.56. The van der Waals surface area contributed by atoms with Gasteiger partial charge in [-0.15, -0.1) is 10.2 Å². The van der Waals surface area contributed by atoms with E-state index in [2.05, 4.69) is 24.0 Å². The monoisotopic (exact) mass is 204 g/mol. The van der Waals surface area contributed by atoms with Crippen molar-refractivity contribution in [1.82, 2.24) is 10.2 Å². The zero-order valence-electron chi connectivity index (χ0n) is 8.68. The molecule has 2 rings (SSSR count). The zero-order chi connectivity index (χ0) is 10.7. The Hall–Kier alpha value is -1.84. The predicted octanol–water partition coefficient (Wildman–Crippen LogP) is 3.00. The van der Waals surface area contributed by atoms with Crippen LogP contribution in [0.2, 0.25) is 0 Å². The van der Waals surface area contributed by atoms with Crippen LogP contribution in [0.5, 0.6) is 0 Å². The molecule has 0 fully saturated rings. The maximum atomic E-state index is 5.38. The van der Waals surface area contributed by atoms with Gasteiger partial charge in [-0.3, -0.25) is 0 Å². The lowest BCUT2D eigenvalue weighted by atomic mass is 10.2. The van der Waals surface area contributed by atoms with Gasteiger partial charge in [-0.25, -0.2) is 0 Å². The van der Waals surface area contributed by atoms with Gasteiger partial charge in [0.2, 0.25) is 5.89 Å². The summed E-state index contributed by atoms with van der Waals surface area (Å²) in [5.41, 5.74) is 0. The maximum absolute atomic E-state index is 5.38. The Kier molecular flexibility index (Phi) is 2.67. The average molecular weight is 204 g/mol. The minimum absolute atomic E-state index is 0.406. The number of rotatable bonds is 3. The maximum Gasteiger partial charge on any atom is 0.283 e. The van der Waals surface area contributed by atoms with Crippen molar-refractivity contribution < 1.29 is 8.83 Å². The van der Waals surface area contributed by atoms with Crippen LogP contribution in [0, 0.1) is 5.92 Å². The number of hydrogen-bond acceptors (Lipinski definition) is 4. The van der Waals surface area contributed by atoms with E-state index in [9.17, 15) is 0 Å². The third-order valence-corrected chi connectivity index (χ3v) is 1.80. The van der Waals surface area contributed by atoms with Gasteiger partial charge in [0, 0.05) is 0 Å². The van der Waals surface area contributed by atoms with E-state index in [0.717, 1.165) is 0 Å². The van der Waals surface area contributed by atoms with E-state index in [1.165, 1.54) is 0 Å². The molecular weight excluding hydrogens is 192 g/mol. The average Bonchev–Trinajstić information content (AvgIpc) is 2.85. The Morgan fingerprint density at radius 1 is 1.33 bits per heavy atom. The van der Waals surface area contributed by atoms with Crippen LogP contribution in [0.3, 0.4) is 0 Å². The predicted molar refractivity (Wildman–Crippen MR) is 55.9 cm³/mol. The van der Waals surface area contributed by atoms with E-state index < -0.39 is 0 Å². The summed E-state index contributed by atoms with van der Waals surface area (Å²) in [7, 11) is 0. The Morgan fingerprint density at radius 3 is 2.87 bits per heavy atom. The summed E-state index contributed by atoms with van der Waals surface area (Å²) >= 11 is 0. The molecule has 78 valence electrons. The molecule has 0 bridgehead atoms. The van der Waals surface area contributed by atoms with Crippen molar-refractivity contribution in [1.29, 1.82) is 0 Å². The van der Waals surface area contributed by atoms with Gasteiger partial charge in [-0.05, 0) is 24.1 Å². The molecular formula is C11H12N2O2. The molecule has 0 radical (unpaired) electrons. The third kappa shape index (κ3) is 2.34. The van der Waals surface area contributed by atoms with Crippen LogP contribution in [-0.4, -0.2) is 10.2 Å². The first-order valence-electron chi connectivity index (χ1n) is 4.81. The number of nitrogens with zero attached hydrogens (tertiary/aromatic N) is 2. The van der Waals surface area contributed by atoms with Crippen molar-refractivity contribution in [2.24, 2.45) is 5.92 Å². The van der Waals surface area contributed by atoms with Crippen LogP contribution >= 0.6 is 0 Å². The molecule has 0 aromatic carbocycles. The molecule has 0 spiro atoms. The second-order valence-electron chi connectivity index (χ2n) is 3.53. The standard InChI is InChI=1S/C11H12N2O2/c1-8(2)5-6-10-12-13-11(15-10)9-4-3-7-14-9/h3-8H,1-2H3/b6-5+. The van der Waals surface area contributed by atoms with Crippen LogP contribution in [0.25, 0.3) is 17.7 Å². The van der Waals surface area contributed by atoms with Crippen molar-refractivity contribution in [3.05, 3.63) is 30.4 Å². The second-order valence-corrected chi connectivity index (χ2v) is 3.53. The Labute approximate surface area is 87.6 Å². The molecule has 0 atom stereocenters. The van der Waals surface area contributed by atoms with Crippen molar-refractivity contribution in [2.45, 2.75) is 13.8 Å². The highest BCUT2D eigenvalue weighted by Gasteiger charge is 2.08. The highest BCUT2D eigenvalue weighted by molar-refractivity contribution is 5.45. The molecule has 4 heteroatoms.